The van der Waals surface area contributed by atoms with Gasteiger partial charge in [-0.1, -0.05) is 30.8 Å². The molecule has 3 aromatic rings. The first-order valence-electron chi connectivity index (χ1n) is 9.17. The number of hydrogen-bond donors (Lipinski definition) is 1. The molecule has 1 N–H and O–H groups in total. The molecule has 0 spiro atoms. The maximum Gasteiger partial charge on any atom is 0.271 e. The summed E-state index contributed by atoms with van der Waals surface area (Å²) in [4.78, 5) is 27.5. The Morgan fingerprint density at radius 1 is 1.34 bits per heavy atom. The van der Waals surface area contributed by atoms with Gasteiger partial charge in [-0.25, -0.2) is 4.98 Å². The molecule has 3 rings (SSSR count). The molecule has 0 unspecified atom stereocenters. The summed E-state index contributed by atoms with van der Waals surface area (Å²) in [7, 11) is 1.58. The second-order valence-electron chi connectivity index (χ2n) is 6.50. The van der Waals surface area contributed by atoms with Crippen LogP contribution in [0.2, 0.25) is 0 Å². The second kappa shape index (κ2) is 8.95. The highest BCUT2D eigenvalue weighted by molar-refractivity contribution is 7.99. The van der Waals surface area contributed by atoms with Crippen LogP contribution in [0.3, 0.4) is 0 Å². The molecule has 0 aliphatic carbocycles. The predicted molar refractivity (Wildman–Crippen MR) is 113 cm³/mol. The second-order valence-corrected chi connectivity index (χ2v) is 7.44. The molecule has 9 heteroatoms. The lowest BCUT2D eigenvalue weighted by Gasteiger charge is -2.14. The number of methoxy groups -OCH3 is 1. The first-order valence-corrected chi connectivity index (χ1v) is 10.2. The minimum absolute atomic E-state index is 0.0340. The standard InChI is InChI=1S/C20H22N4O4S/c1-4-13(2)21-19(25)12-29-20-22-15-11-14(24(26)27)9-10-16(15)23(20)17-7-5-6-8-18(17)28-3/h5-11,13H,4,12H2,1-3H3,(H,21,25)/t13-/m1/s1. The quantitative estimate of drug-likeness (QED) is 0.340. The normalized spacial score (nSPS) is 12.0. The van der Waals surface area contributed by atoms with Crippen LogP contribution < -0.4 is 10.1 Å². The summed E-state index contributed by atoms with van der Waals surface area (Å²) in [5.41, 5.74) is 1.89. The Hall–Kier alpha value is -3.07. The summed E-state index contributed by atoms with van der Waals surface area (Å²) in [6.07, 6.45) is 0.847. The maximum absolute atomic E-state index is 12.2. The van der Waals surface area contributed by atoms with Gasteiger partial charge >= 0.3 is 0 Å². The van der Waals surface area contributed by atoms with Crippen molar-refractivity contribution in [2.45, 2.75) is 31.5 Å². The number of aromatic nitrogens is 2. The Kier molecular flexibility index (Phi) is 6.38. The van der Waals surface area contributed by atoms with Crippen molar-refractivity contribution in [3.05, 3.63) is 52.6 Å². The number of carbonyl (C=O) groups excluding carboxylic acids is 1. The molecule has 0 aliphatic heterocycles. The molecule has 2 aromatic carbocycles. The van der Waals surface area contributed by atoms with Crippen molar-refractivity contribution in [3.8, 4) is 11.4 Å². The van der Waals surface area contributed by atoms with Gasteiger partial charge in [0.05, 0.1) is 34.5 Å². The van der Waals surface area contributed by atoms with Crippen LogP contribution in [-0.2, 0) is 4.79 Å². The number of fused-ring (bicyclic) bond motifs is 1. The number of amides is 1. The number of para-hydroxylation sites is 2. The summed E-state index contributed by atoms with van der Waals surface area (Å²) < 4.78 is 7.34. The van der Waals surface area contributed by atoms with Crippen molar-refractivity contribution >= 4 is 34.4 Å². The largest absolute Gasteiger partial charge is 0.495 e. The van der Waals surface area contributed by atoms with E-state index in [4.69, 9.17) is 4.74 Å². The molecule has 0 bridgehead atoms. The Labute approximate surface area is 172 Å². The zero-order valence-electron chi connectivity index (χ0n) is 16.4. The fourth-order valence-electron chi connectivity index (χ4n) is 2.85. The highest BCUT2D eigenvalue weighted by Crippen LogP contribution is 2.33. The number of nitrogens with zero attached hydrogens (tertiary/aromatic N) is 3. The summed E-state index contributed by atoms with van der Waals surface area (Å²) >= 11 is 1.28. The Balaban J connectivity index is 2.05. The third-order valence-electron chi connectivity index (χ3n) is 4.50. The summed E-state index contributed by atoms with van der Waals surface area (Å²) in [5, 5.41) is 14.6. The van der Waals surface area contributed by atoms with E-state index in [0.29, 0.717) is 21.9 Å². The average Bonchev–Trinajstić information content (AvgIpc) is 3.09. The van der Waals surface area contributed by atoms with E-state index in [-0.39, 0.29) is 23.4 Å². The summed E-state index contributed by atoms with van der Waals surface area (Å²) in [6, 6.07) is 12.1. The molecule has 1 amide bonds. The molecular formula is C20H22N4O4S. The molecule has 0 saturated heterocycles. The molecule has 1 aromatic heterocycles. The van der Waals surface area contributed by atoms with Gasteiger partial charge in [0, 0.05) is 18.2 Å². The van der Waals surface area contributed by atoms with Crippen LogP contribution >= 0.6 is 11.8 Å². The fraction of sp³-hybridized carbons (Fsp3) is 0.300. The average molecular weight is 414 g/mol. The number of nitrogens with one attached hydrogen (secondary N) is 1. The minimum Gasteiger partial charge on any atom is -0.495 e. The number of ether oxygens (including phenoxy) is 1. The van der Waals surface area contributed by atoms with Gasteiger partial charge in [-0.05, 0) is 31.5 Å². The van der Waals surface area contributed by atoms with Crippen LogP contribution in [0.1, 0.15) is 20.3 Å². The van der Waals surface area contributed by atoms with Gasteiger partial charge in [0.1, 0.15) is 5.75 Å². The number of thioether (sulfide) groups is 1. The van der Waals surface area contributed by atoms with Gasteiger partial charge in [-0.2, -0.15) is 0 Å². The van der Waals surface area contributed by atoms with Crippen LogP contribution in [0, 0.1) is 10.1 Å². The fourth-order valence-corrected chi connectivity index (χ4v) is 3.69. The van der Waals surface area contributed by atoms with Crippen molar-refractivity contribution < 1.29 is 14.5 Å². The smallest absolute Gasteiger partial charge is 0.271 e. The highest BCUT2D eigenvalue weighted by atomic mass is 32.2. The first kappa shape index (κ1) is 20.7. The number of non-ortho nitro benzene ring substituents is 1. The molecule has 0 aliphatic rings. The number of carbonyl (C=O) groups is 1. The number of imidazole rings is 1. The van der Waals surface area contributed by atoms with E-state index in [0.717, 1.165) is 12.1 Å². The number of nitro groups is 1. The third-order valence-corrected chi connectivity index (χ3v) is 5.43. The molecule has 0 radical (unpaired) electrons. The van der Waals surface area contributed by atoms with Crippen LogP contribution in [0.4, 0.5) is 5.69 Å². The van der Waals surface area contributed by atoms with Crippen LogP contribution in [0.25, 0.3) is 16.7 Å². The van der Waals surface area contributed by atoms with Gasteiger partial charge in [0.2, 0.25) is 5.91 Å². The van der Waals surface area contributed by atoms with Crippen molar-refractivity contribution in [2.75, 3.05) is 12.9 Å². The van der Waals surface area contributed by atoms with E-state index < -0.39 is 4.92 Å². The van der Waals surface area contributed by atoms with E-state index >= 15 is 0 Å². The Morgan fingerprint density at radius 2 is 2.10 bits per heavy atom. The van der Waals surface area contributed by atoms with Crippen molar-refractivity contribution in [1.29, 1.82) is 0 Å². The van der Waals surface area contributed by atoms with Crippen LogP contribution in [0.15, 0.2) is 47.6 Å². The SMILES string of the molecule is CC[C@@H](C)NC(=O)CSc1nc2cc([N+](=O)[O-])ccc2n1-c1ccccc1OC. The Morgan fingerprint density at radius 3 is 2.79 bits per heavy atom. The van der Waals surface area contributed by atoms with Gasteiger partial charge in [0.25, 0.3) is 5.69 Å². The van der Waals surface area contributed by atoms with Gasteiger partial charge in [-0.3, -0.25) is 19.5 Å². The molecule has 1 atom stereocenters. The monoisotopic (exact) mass is 414 g/mol. The molecular weight excluding hydrogens is 392 g/mol. The number of benzene rings is 2. The lowest BCUT2D eigenvalue weighted by molar-refractivity contribution is -0.384. The lowest BCUT2D eigenvalue weighted by atomic mass is 10.2. The number of hydrogen-bond acceptors (Lipinski definition) is 6. The molecule has 1 heterocycles. The van der Waals surface area contributed by atoms with E-state index in [1.54, 1.807) is 13.2 Å². The van der Waals surface area contributed by atoms with Gasteiger partial charge < -0.3 is 10.1 Å². The minimum atomic E-state index is -0.450. The van der Waals surface area contributed by atoms with Gasteiger partial charge in [-0.15, -0.1) is 0 Å². The molecule has 29 heavy (non-hydrogen) atoms. The number of nitro benzene ring substituents is 1. The van der Waals surface area contributed by atoms with E-state index in [9.17, 15) is 14.9 Å². The van der Waals surface area contributed by atoms with E-state index in [1.165, 1.54) is 23.9 Å². The number of rotatable bonds is 8. The molecule has 0 saturated carbocycles. The zero-order chi connectivity index (χ0) is 21.0. The maximum atomic E-state index is 12.2. The zero-order valence-corrected chi connectivity index (χ0v) is 17.2. The lowest BCUT2D eigenvalue weighted by Crippen LogP contribution is -2.33. The van der Waals surface area contributed by atoms with E-state index in [2.05, 4.69) is 10.3 Å². The summed E-state index contributed by atoms with van der Waals surface area (Å²) in [5.74, 6) is 0.732. The van der Waals surface area contributed by atoms with Crippen molar-refractivity contribution in [1.82, 2.24) is 14.9 Å². The Bertz CT molecular complexity index is 1050. The summed E-state index contributed by atoms with van der Waals surface area (Å²) in [6.45, 7) is 3.96. The molecule has 152 valence electrons. The van der Waals surface area contributed by atoms with Crippen molar-refractivity contribution in [3.63, 3.8) is 0 Å². The molecule has 0 fully saturated rings. The van der Waals surface area contributed by atoms with Crippen LogP contribution in [-0.4, -0.2) is 39.3 Å². The predicted octanol–water partition coefficient (Wildman–Crippen LogP) is 3.95. The van der Waals surface area contributed by atoms with Crippen LogP contribution in [0.5, 0.6) is 5.75 Å². The topological polar surface area (TPSA) is 99.3 Å². The van der Waals surface area contributed by atoms with E-state index in [1.807, 2.05) is 42.7 Å². The molecule has 8 nitrogen and oxygen atoms in total. The third kappa shape index (κ3) is 4.51. The van der Waals surface area contributed by atoms with Crippen molar-refractivity contribution in [2.24, 2.45) is 0 Å². The van der Waals surface area contributed by atoms with Gasteiger partial charge in [0.15, 0.2) is 5.16 Å². The first-order chi connectivity index (χ1) is 13.9. The highest BCUT2D eigenvalue weighted by Gasteiger charge is 2.19.